The number of hydrogen-bond acceptors (Lipinski definition) is 1. The standard InChI is InChI=1S/C19H33N/c1-14(20-7-6-15-4-2-3-5-15)19-11-16-8-17(12-19)10-18(9-16)13-19/h14-18,20H,2-13H2,1H3. The van der Waals surface area contributed by atoms with Crippen LogP contribution in [0.2, 0.25) is 0 Å². The van der Waals surface area contributed by atoms with E-state index in [1.54, 1.807) is 38.5 Å². The summed E-state index contributed by atoms with van der Waals surface area (Å²) in [6.07, 6.45) is 16.8. The second-order valence-corrected chi connectivity index (χ2v) is 8.89. The van der Waals surface area contributed by atoms with Gasteiger partial charge in [0.15, 0.2) is 0 Å². The van der Waals surface area contributed by atoms with Gasteiger partial charge in [-0.05, 0) is 87.5 Å². The van der Waals surface area contributed by atoms with Gasteiger partial charge >= 0.3 is 0 Å². The molecular weight excluding hydrogens is 242 g/mol. The van der Waals surface area contributed by atoms with Crippen LogP contribution >= 0.6 is 0 Å². The van der Waals surface area contributed by atoms with E-state index in [0.717, 1.165) is 29.7 Å². The molecule has 5 rings (SSSR count). The Balaban J connectivity index is 1.32. The molecule has 5 aliphatic rings. The first-order valence-electron chi connectivity index (χ1n) is 9.47. The summed E-state index contributed by atoms with van der Waals surface area (Å²) >= 11 is 0. The third-order valence-electron chi connectivity index (χ3n) is 7.48. The van der Waals surface area contributed by atoms with Gasteiger partial charge in [-0.25, -0.2) is 0 Å². The van der Waals surface area contributed by atoms with Crippen molar-refractivity contribution >= 4 is 0 Å². The van der Waals surface area contributed by atoms with Crippen molar-refractivity contribution < 1.29 is 0 Å². The van der Waals surface area contributed by atoms with Crippen molar-refractivity contribution in [3.63, 3.8) is 0 Å². The largest absolute Gasteiger partial charge is 0.314 e. The smallest absolute Gasteiger partial charge is 0.00954 e. The Morgan fingerprint density at radius 3 is 2.05 bits per heavy atom. The van der Waals surface area contributed by atoms with Crippen LogP contribution in [0.5, 0.6) is 0 Å². The average Bonchev–Trinajstić information content (AvgIpc) is 2.90. The highest BCUT2D eigenvalue weighted by Crippen LogP contribution is 2.61. The van der Waals surface area contributed by atoms with Gasteiger partial charge in [0.2, 0.25) is 0 Å². The first-order chi connectivity index (χ1) is 9.73. The molecule has 0 radical (unpaired) electrons. The summed E-state index contributed by atoms with van der Waals surface area (Å²) in [5.74, 6) is 4.34. The second-order valence-electron chi connectivity index (χ2n) is 8.89. The van der Waals surface area contributed by atoms with E-state index in [1.807, 2.05) is 0 Å². The van der Waals surface area contributed by atoms with Gasteiger partial charge in [0, 0.05) is 6.04 Å². The molecule has 0 aliphatic heterocycles. The Bertz CT molecular complexity index is 306. The summed E-state index contributed by atoms with van der Waals surface area (Å²) in [6, 6.07) is 0.775. The summed E-state index contributed by atoms with van der Waals surface area (Å²) in [7, 11) is 0. The molecule has 5 aliphatic carbocycles. The van der Waals surface area contributed by atoms with Crippen LogP contribution in [0.1, 0.15) is 77.6 Å². The second kappa shape index (κ2) is 5.30. The van der Waals surface area contributed by atoms with Gasteiger partial charge in [0.05, 0.1) is 0 Å². The molecular formula is C19H33N. The Kier molecular flexibility index (Phi) is 3.61. The molecule has 0 aromatic carbocycles. The molecule has 0 heterocycles. The molecule has 114 valence electrons. The third kappa shape index (κ3) is 2.45. The molecule has 4 bridgehead atoms. The monoisotopic (exact) mass is 275 g/mol. The lowest BCUT2D eigenvalue weighted by Gasteiger charge is -2.59. The first kappa shape index (κ1) is 13.6. The fourth-order valence-electron chi connectivity index (χ4n) is 6.73. The number of nitrogens with one attached hydrogen (secondary N) is 1. The molecule has 0 spiro atoms. The van der Waals surface area contributed by atoms with Crippen molar-refractivity contribution in [2.45, 2.75) is 83.6 Å². The highest BCUT2D eigenvalue weighted by Gasteiger charge is 2.52. The topological polar surface area (TPSA) is 12.0 Å². The van der Waals surface area contributed by atoms with Crippen molar-refractivity contribution in [3.05, 3.63) is 0 Å². The average molecular weight is 275 g/mol. The Labute approximate surface area is 125 Å². The molecule has 1 atom stereocenters. The summed E-state index contributed by atoms with van der Waals surface area (Å²) in [5, 5.41) is 3.97. The molecule has 20 heavy (non-hydrogen) atoms. The molecule has 0 amide bonds. The van der Waals surface area contributed by atoms with Crippen molar-refractivity contribution in [2.24, 2.45) is 29.1 Å². The van der Waals surface area contributed by atoms with Crippen LogP contribution in [-0.2, 0) is 0 Å². The van der Waals surface area contributed by atoms with Crippen LogP contribution in [0.15, 0.2) is 0 Å². The molecule has 1 N–H and O–H groups in total. The molecule has 0 aromatic heterocycles. The summed E-state index contributed by atoms with van der Waals surface area (Å²) in [4.78, 5) is 0. The van der Waals surface area contributed by atoms with E-state index in [1.165, 1.54) is 38.6 Å². The summed E-state index contributed by atoms with van der Waals surface area (Å²) < 4.78 is 0. The lowest BCUT2D eigenvalue weighted by atomic mass is 9.48. The van der Waals surface area contributed by atoms with Crippen LogP contribution in [0.3, 0.4) is 0 Å². The minimum Gasteiger partial charge on any atom is -0.314 e. The van der Waals surface area contributed by atoms with Gasteiger partial charge in [0.25, 0.3) is 0 Å². The fraction of sp³-hybridized carbons (Fsp3) is 1.00. The molecule has 1 heteroatoms. The maximum absolute atomic E-state index is 3.97. The van der Waals surface area contributed by atoms with Gasteiger partial charge < -0.3 is 5.32 Å². The van der Waals surface area contributed by atoms with Crippen LogP contribution in [0.25, 0.3) is 0 Å². The predicted molar refractivity (Wildman–Crippen MR) is 84.6 cm³/mol. The first-order valence-corrected chi connectivity index (χ1v) is 9.47. The van der Waals surface area contributed by atoms with E-state index in [2.05, 4.69) is 12.2 Å². The Morgan fingerprint density at radius 2 is 1.50 bits per heavy atom. The highest BCUT2D eigenvalue weighted by molar-refractivity contribution is 5.05. The van der Waals surface area contributed by atoms with Crippen LogP contribution in [-0.4, -0.2) is 12.6 Å². The highest BCUT2D eigenvalue weighted by atomic mass is 14.9. The van der Waals surface area contributed by atoms with Crippen molar-refractivity contribution in [3.8, 4) is 0 Å². The van der Waals surface area contributed by atoms with E-state index in [9.17, 15) is 0 Å². The van der Waals surface area contributed by atoms with E-state index in [-0.39, 0.29) is 0 Å². The van der Waals surface area contributed by atoms with Gasteiger partial charge in [-0.2, -0.15) is 0 Å². The van der Waals surface area contributed by atoms with E-state index in [4.69, 9.17) is 0 Å². The van der Waals surface area contributed by atoms with Crippen molar-refractivity contribution in [1.29, 1.82) is 0 Å². The lowest BCUT2D eigenvalue weighted by molar-refractivity contribution is -0.0704. The predicted octanol–water partition coefficient (Wildman–Crippen LogP) is 4.76. The third-order valence-corrected chi connectivity index (χ3v) is 7.48. The van der Waals surface area contributed by atoms with Crippen molar-refractivity contribution in [1.82, 2.24) is 5.32 Å². The maximum atomic E-state index is 3.97. The lowest BCUT2D eigenvalue weighted by Crippen LogP contribution is -2.55. The van der Waals surface area contributed by atoms with Gasteiger partial charge in [-0.3, -0.25) is 0 Å². The maximum Gasteiger partial charge on any atom is 0.00954 e. The molecule has 1 unspecified atom stereocenters. The van der Waals surface area contributed by atoms with Gasteiger partial charge in [0.1, 0.15) is 0 Å². The molecule has 0 saturated heterocycles. The zero-order valence-electron chi connectivity index (χ0n) is 13.4. The Morgan fingerprint density at radius 1 is 0.950 bits per heavy atom. The number of hydrogen-bond donors (Lipinski definition) is 1. The summed E-state index contributed by atoms with van der Waals surface area (Å²) in [6.45, 7) is 3.80. The van der Waals surface area contributed by atoms with Crippen LogP contribution in [0.4, 0.5) is 0 Å². The minimum atomic E-state index is 0.699. The van der Waals surface area contributed by atoms with E-state index in [0.29, 0.717) is 5.41 Å². The van der Waals surface area contributed by atoms with Gasteiger partial charge in [-0.15, -0.1) is 0 Å². The van der Waals surface area contributed by atoms with E-state index < -0.39 is 0 Å². The van der Waals surface area contributed by atoms with Crippen molar-refractivity contribution in [2.75, 3.05) is 6.54 Å². The molecule has 5 saturated carbocycles. The zero-order chi connectivity index (χ0) is 13.6. The fourth-order valence-corrected chi connectivity index (χ4v) is 6.73. The SMILES string of the molecule is CC(NCCC1CCCC1)C12CC3CC(CC(C3)C1)C2. The van der Waals surface area contributed by atoms with Crippen LogP contribution in [0, 0.1) is 29.1 Å². The minimum absolute atomic E-state index is 0.699. The van der Waals surface area contributed by atoms with Gasteiger partial charge in [-0.1, -0.05) is 25.7 Å². The zero-order valence-corrected chi connectivity index (χ0v) is 13.4. The summed E-state index contributed by atoms with van der Waals surface area (Å²) in [5.41, 5.74) is 0.699. The molecule has 5 fully saturated rings. The Hall–Kier alpha value is -0.0400. The molecule has 1 nitrogen and oxygen atoms in total. The molecule has 0 aromatic rings. The normalized spacial score (nSPS) is 45.1. The number of rotatable bonds is 5. The van der Waals surface area contributed by atoms with Crippen LogP contribution < -0.4 is 5.32 Å². The van der Waals surface area contributed by atoms with E-state index >= 15 is 0 Å². The quantitative estimate of drug-likeness (QED) is 0.762.